The molecule has 84 valence electrons. The van der Waals surface area contributed by atoms with Crippen LogP contribution >= 0.6 is 0 Å². The Bertz CT molecular complexity index is 569. The van der Waals surface area contributed by atoms with Gasteiger partial charge in [0, 0.05) is 23.6 Å². The number of phenolic OH excluding ortho intramolecular Hbond substituents is 1. The molecule has 16 heavy (non-hydrogen) atoms. The van der Waals surface area contributed by atoms with E-state index in [2.05, 4.69) is 0 Å². The Kier molecular flexibility index (Phi) is 2.34. The normalized spacial score (nSPS) is 10.7. The standard InChI is InChI=1S/C12H13NO3/c1-7-11(12(15)16-3)9-6-8(14)4-5-10(9)13(7)2/h4-6,14H,1-3H3. The van der Waals surface area contributed by atoms with Crippen molar-refractivity contribution in [2.75, 3.05) is 7.11 Å². The molecule has 1 aromatic heterocycles. The summed E-state index contributed by atoms with van der Waals surface area (Å²) in [5, 5.41) is 10.2. The summed E-state index contributed by atoms with van der Waals surface area (Å²) in [7, 11) is 3.23. The molecule has 0 atom stereocenters. The number of fused-ring (bicyclic) bond motifs is 1. The van der Waals surface area contributed by atoms with Crippen molar-refractivity contribution in [1.29, 1.82) is 0 Å². The van der Waals surface area contributed by atoms with E-state index >= 15 is 0 Å². The molecule has 0 aliphatic rings. The molecule has 2 rings (SSSR count). The molecular formula is C12H13NO3. The number of rotatable bonds is 1. The molecule has 0 saturated heterocycles. The smallest absolute Gasteiger partial charge is 0.340 e. The first-order chi connectivity index (χ1) is 7.56. The molecular weight excluding hydrogens is 206 g/mol. The maximum absolute atomic E-state index is 11.7. The molecule has 0 aliphatic heterocycles. The van der Waals surface area contributed by atoms with Gasteiger partial charge in [0.1, 0.15) is 5.75 Å². The number of methoxy groups -OCH3 is 1. The Morgan fingerprint density at radius 3 is 2.75 bits per heavy atom. The Balaban J connectivity index is 2.85. The number of aromatic hydroxyl groups is 1. The zero-order valence-electron chi connectivity index (χ0n) is 9.44. The fourth-order valence-electron chi connectivity index (χ4n) is 1.92. The van der Waals surface area contributed by atoms with Gasteiger partial charge in [0.05, 0.1) is 12.7 Å². The van der Waals surface area contributed by atoms with Gasteiger partial charge in [-0.15, -0.1) is 0 Å². The van der Waals surface area contributed by atoms with E-state index in [-0.39, 0.29) is 11.7 Å². The third kappa shape index (κ3) is 1.34. The number of phenols is 1. The third-order valence-electron chi connectivity index (χ3n) is 2.87. The summed E-state index contributed by atoms with van der Waals surface area (Å²) in [5.74, 6) is -0.239. The zero-order valence-corrected chi connectivity index (χ0v) is 9.44. The fourth-order valence-corrected chi connectivity index (χ4v) is 1.92. The van der Waals surface area contributed by atoms with Gasteiger partial charge in [-0.05, 0) is 25.1 Å². The highest BCUT2D eigenvalue weighted by Gasteiger charge is 2.18. The summed E-state index contributed by atoms with van der Waals surface area (Å²) in [4.78, 5) is 11.7. The van der Waals surface area contributed by atoms with E-state index in [0.29, 0.717) is 10.9 Å². The van der Waals surface area contributed by atoms with Crippen molar-refractivity contribution in [3.05, 3.63) is 29.5 Å². The summed E-state index contributed by atoms with van der Waals surface area (Å²) in [5.41, 5.74) is 2.24. The number of hydrogen-bond acceptors (Lipinski definition) is 3. The lowest BCUT2D eigenvalue weighted by atomic mass is 10.1. The summed E-state index contributed by atoms with van der Waals surface area (Å²) >= 11 is 0. The summed E-state index contributed by atoms with van der Waals surface area (Å²) in [6, 6.07) is 4.96. The molecule has 1 aromatic carbocycles. The number of carbonyl (C=O) groups excluding carboxylic acids is 1. The molecule has 0 fully saturated rings. The number of aromatic nitrogens is 1. The quantitative estimate of drug-likeness (QED) is 0.746. The SMILES string of the molecule is COC(=O)c1c(C)n(C)c2ccc(O)cc12. The van der Waals surface area contributed by atoms with Crippen molar-refractivity contribution in [3.63, 3.8) is 0 Å². The molecule has 1 N–H and O–H groups in total. The first-order valence-electron chi connectivity index (χ1n) is 4.92. The highest BCUT2D eigenvalue weighted by molar-refractivity contribution is 6.06. The van der Waals surface area contributed by atoms with Crippen LogP contribution < -0.4 is 0 Å². The average molecular weight is 219 g/mol. The highest BCUT2D eigenvalue weighted by atomic mass is 16.5. The van der Waals surface area contributed by atoms with Gasteiger partial charge in [0.2, 0.25) is 0 Å². The van der Waals surface area contributed by atoms with Gasteiger partial charge in [0.15, 0.2) is 0 Å². The van der Waals surface area contributed by atoms with Crippen molar-refractivity contribution in [1.82, 2.24) is 4.57 Å². The van der Waals surface area contributed by atoms with Crippen molar-refractivity contribution >= 4 is 16.9 Å². The van der Waals surface area contributed by atoms with Gasteiger partial charge >= 0.3 is 5.97 Å². The average Bonchev–Trinajstić information content (AvgIpc) is 2.51. The number of ether oxygens (including phenoxy) is 1. The predicted octanol–water partition coefficient (Wildman–Crippen LogP) is 1.98. The van der Waals surface area contributed by atoms with E-state index in [1.165, 1.54) is 7.11 Å². The van der Waals surface area contributed by atoms with Gasteiger partial charge in [-0.25, -0.2) is 4.79 Å². The largest absolute Gasteiger partial charge is 0.508 e. The van der Waals surface area contributed by atoms with Crippen LogP contribution in [0.15, 0.2) is 18.2 Å². The van der Waals surface area contributed by atoms with Crippen LogP contribution in [-0.2, 0) is 11.8 Å². The zero-order chi connectivity index (χ0) is 11.9. The lowest BCUT2D eigenvalue weighted by Crippen LogP contribution is -2.03. The Labute approximate surface area is 93.1 Å². The number of aryl methyl sites for hydroxylation is 1. The van der Waals surface area contributed by atoms with Crippen LogP contribution in [0.4, 0.5) is 0 Å². The van der Waals surface area contributed by atoms with Gasteiger partial charge in [-0.1, -0.05) is 0 Å². The maximum atomic E-state index is 11.7. The Morgan fingerprint density at radius 1 is 1.44 bits per heavy atom. The summed E-state index contributed by atoms with van der Waals surface area (Å²) < 4.78 is 6.65. The van der Waals surface area contributed by atoms with E-state index in [1.54, 1.807) is 18.2 Å². The lowest BCUT2D eigenvalue weighted by molar-refractivity contribution is 0.0602. The maximum Gasteiger partial charge on any atom is 0.340 e. The van der Waals surface area contributed by atoms with Crippen LogP contribution in [0.5, 0.6) is 5.75 Å². The number of nitrogens with zero attached hydrogens (tertiary/aromatic N) is 1. The molecule has 0 saturated carbocycles. The van der Waals surface area contributed by atoms with Crippen LogP contribution in [0, 0.1) is 6.92 Å². The Morgan fingerprint density at radius 2 is 2.12 bits per heavy atom. The van der Waals surface area contributed by atoms with Crippen LogP contribution in [-0.4, -0.2) is 22.8 Å². The first kappa shape index (κ1) is 10.5. The van der Waals surface area contributed by atoms with E-state index in [1.807, 2.05) is 18.5 Å². The topological polar surface area (TPSA) is 51.5 Å². The molecule has 0 radical (unpaired) electrons. The molecule has 0 unspecified atom stereocenters. The van der Waals surface area contributed by atoms with Crippen LogP contribution in [0.3, 0.4) is 0 Å². The predicted molar refractivity (Wildman–Crippen MR) is 60.7 cm³/mol. The summed E-state index contributed by atoms with van der Waals surface area (Å²) in [6.45, 7) is 1.85. The second-order valence-corrected chi connectivity index (χ2v) is 3.71. The van der Waals surface area contributed by atoms with Crippen molar-refractivity contribution in [3.8, 4) is 5.75 Å². The lowest BCUT2D eigenvalue weighted by Gasteiger charge is -1.99. The molecule has 0 aliphatic carbocycles. The fraction of sp³-hybridized carbons (Fsp3) is 0.250. The molecule has 1 heterocycles. The van der Waals surface area contributed by atoms with E-state index in [4.69, 9.17) is 4.74 Å². The molecule has 0 amide bonds. The molecule has 2 aromatic rings. The first-order valence-corrected chi connectivity index (χ1v) is 4.92. The third-order valence-corrected chi connectivity index (χ3v) is 2.87. The minimum atomic E-state index is -0.381. The van der Waals surface area contributed by atoms with Crippen molar-refractivity contribution < 1.29 is 14.6 Å². The van der Waals surface area contributed by atoms with Gasteiger partial charge in [-0.3, -0.25) is 0 Å². The monoisotopic (exact) mass is 219 g/mol. The van der Waals surface area contributed by atoms with Crippen molar-refractivity contribution in [2.45, 2.75) is 6.92 Å². The van der Waals surface area contributed by atoms with Gasteiger partial charge < -0.3 is 14.4 Å². The van der Waals surface area contributed by atoms with Gasteiger partial charge in [0.25, 0.3) is 0 Å². The number of carbonyl (C=O) groups is 1. The second kappa shape index (κ2) is 3.56. The van der Waals surface area contributed by atoms with E-state index in [0.717, 1.165) is 11.2 Å². The Hall–Kier alpha value is -1.97. The number of hydrogen-bond donors (Lipinski definition) is 1. The molecule has 4 nitrogen and oxygen atoms in total. The van der Waals surface area contributed by atoms with Gasteiger partial charge in [-0.2, -0.15) is 0 Å². The molecule has 0 bridgehead atoms. The number of esters is 1. The highest BCUT2D eigenvalue weighted by Crippen LogP contribution is 2.28. The molecule has 4 heteroatoms. The van der Waals surface area contributed by atoms with Crippen LogP contribution in [0.25, 0.3) is 10.9 Å². The minimum absolute atomic E-state index is 0.142. The summed E-state index contributed by atoms with van der Waals surface area (Å²) in [6.07, 6.45) is 0. The van der Waals surface area contributed by atoms with E-state index in [9.17, 15) is 9.90 Å². The van der Waals surface area contributed by atoms with Crippen LogP contribution in [0.1, 0.15) is 16.1 Å². The second-order valence-electron chi connectivity index (χ2n) is 3.71. The minimum Gasteiger partial charge on any atom is -0.508 e. The van der Waals surface area contributed by atoms with Crippen LogP contribution in [0.2, 0.25) is 0 Å². The number of benzene rings is 1. The van der Waals surface area contributed by atoms with Crippen molar-refractivity contribution in [2.24, 2.45) is 7.05 Å². The van der Waals surface area contributed by atoms with E-state index < -0.39 is 0 Å². The molecule has 0 spiro atoms.